The Balaban J connectivity index is 2.23. The summed E-state index contributed by atoms with van der Waals surface area (Å²) in [7, 11) is 0. The third-order valence-electron chi connectivity index (χ3n) is 3.40. The van der Waals surface area contributed by atoms with Gasteiger partial charge in [0.25, 0.3) is 5.91 Å². The normalized spacial score (nSPS) is 16.0. The van der Waals surface area contributed by atoms with Crippen molar-refractivity contribution in [3.8, 4) is 5.75 Å². The van der Waals surface area contributed by atoms with E-state index in [4.69, 9.17) is 10.5 Å². The summed E-state index contributed by atoms with van der Waals surface area (Å²) >= 11 is 0. The molecular formula is C15H22N4O3. The lowest BCUT2D eigenvalue weighted by molar-refractivity contribution is -0.134. The third kappa shape index (κ3) is 3.29. The summed E-state index contributed by atoms with van der Waals surface area (Å²) in [5, 5.41) is 2.79. The maximum atomic E-state index is 12.5. The number of nitrogens with two attached hydrogens (primary N) is 1. The minimum absolute atomic E-state index is 0.0984. The molecule has 1 aromatic heterocycles. The SMILES string of the molecule is CCCCNC(=O)CN1C(=O)C(C)(C)Oc2ccc(N)nc21. The summed E-state index contributed by atoms with van der Waals surface area (Å²) in [5.74, 6) is 0.458. The van der Waals surface area contributed by atoms with E-state index in [1.807, 2.05) is 6.92 Å². The number of unbranched alkanes of at least 4 members (excludes halogenated alkanes) is 1. The van der Waals surface area contributed by atoms with Crippen molar-refractivity contribution in [1.82, 2.24) is 10.3 Å². The number of nitrogens with zero attached hydrogens (tertiary/aromatic N) is 2. The van der Waals surface area contributed by atoms with Gasteiger partial charge < -0.3 is 15.8 Å². The Morgan fingerprint density at radius 3 is 2.86 bits per heavy atom. The zero-order chi connectivity index (χ0) is 16.3. The molecule has 120 valence electrons. The van der Waals surface area contributed by atoms with E-state index >= 15 is 0 Å². The molecule has 1 aromatic rings. The van der Waals surface area contributed by atoms with E-state index < -0.39 is 5.60 Å². The van der Waals surface area contributed by atoms with Crippen LogP contribution in [0.5, 0.6) is 5.75 Å². The van der Waals surface area contributed by atoms with Gasteiger partial charge in [0.05, 0.1) is 0 Å². The summed E-state index contributed by atoms with van der Waals surface area (Å²) < 4.78 is 5.66. The number of nitrogen functional groups attached to an aromatic ring is 1. The monoisotopic (exact) mass is 306 g/mol. The number of anilines is 2. The molecule has 0 bridgehead atoms. The minimum atomic E-state index is -1.05. The molecule has 7 nitrogen and oxygen atoms in total. The van der Waals surface area contributed by atoms with E-state index in [0.717, 1.165) is 12.8 Å². The van der Waals surface area contributed by atoms with E-state index in [1.54, 1.807) is 26.0 Å². The number of amides is 2. The number of nitrogens with one attached hydrogen (secondary N) is 1. The maximum absolute atomic E-state index is 12.5. The minimum Gasteiger partial charge on any atom is -0.474 e. The Morgan fingerprint density at radius 2 is 2.18 bits per heavy atom. The zero-order valence-electron chi connectivity index (χ0n) is 13.2. The molecule has 0 radical (unpaired) electrons. The molecular weight excluding hydrogens is 284 g/mol. The number of carbonyl (C=O) groups is 2. The van der Waals surface area contributed by atoms with E-state index in [2.05, 4.69) is 10.3 Å². The number of aromatic nitrogens is 1. The van der Waals surface area contributed by atoms with E-state index in [1.165, 1.54) is 4.90 Å². The number of fused-ring (bicyclic) bond motifs is 1. The Morgan fingerprint density at radius 1 is 1.45 bits per heavy atom. The highest BCUT2D eigenvalue weighted by atomic mass is 16.5. The Labute approximate surface area is 129 Å². The summed E-state index contributed by atoms with van der Waals surface area (Å²) in [5.41, 5.74) is 4.63. The molecule has 1 aliphatic heterocycles. The van der Waals surface area contributed by atoms with Gasteiger partial charge in [-0.05, 0) is 32.4 Å². The molecule has 1 aliphatic rings. The summed E-state index contributed by atoms with van der Waals surface area (Å²) in [6, 6.07) is 3.26. The molecule has 0 atom stereocenters. The summed E-state index contributed by atoms with van der Waals surface area (Å²) in [6.07, 6.45) is 1.89. The lowest BCUT2D eigenvalue weighted by Crippen LogP contribution is -2.55. The van der Waals surface area contributed by atoms with Gasteiger partial charge in [-0.15, -0.1) is 0 Å². The van der Waals surface area contributed by atoms with Crippen molar-refractivity contribution in [2.45, 2.75) is 39.2 Å². The fourth-order valence-corrected chi connectivity index (χ4v) is 2.21. The van der Waals surface area contributed by atoms with Crippen molar-refractivity contribution < 1.29 is 14.3 Å². The van der Waals surface area contributed by atoms with Crippen molar-refractivity contribution in [1.29, 1.82) is 0 Å². The van der Waals surface area contributed by atoms with E-state index in [-0.39, 0.29) is 30.0 Å². The number of rotatable bonds is 5. The summed E-state index contributed by atoms with van der Waals surface area (Å²) in [4.78, 5) is 30.0. The second kappa shape index (κ2) is 6.21. The molecule has 7 heteroatoms. The maximum Gasteiger partial charge on any atom is 0.272 e. The van der Waals surface area contributed by atoms with Crippen molar-refractivity contribution in [2.24, 2.45) is 0 Å². The van der Waals surface area contributed by atoms with Gasteiger partial charge in [0, 0.05) is 6.54 Å². The number of ether oxygens (including phenoxy) is 1. The Kier molecular flexibility index (Phi) is 4.54. The quantitative estimate of drug-likeness (QED) is 0.793. The van der Waals surface area contributed by atoms with Crippen LogP contribution in [0.2, 0.25) is 0 Å². The van der Waals surface area contributed by atoms with Gasteiger partial charge in [-0.3, -0.25) is 14.5 Å². The van der Waals surface area contributed by atoms with Crippen LogP contribution in [0.15, 0.2) is 12.1 Å². The van der Waals surface area contributed by atoms with Crippen LogP contribution in [0.25, 0.3) is 0 Å². The van der Waals surface area contributed by atoms with Crippen molar-refractivity contribution in [2.75, 3.05) is 23.7 Å². The molecule has 0 unspecified atom stereocenters. The predicted octanol–water partition coefficient (Wildman–Crippen LogP) is 1.08. The van der Waals surface area contributed by atoms with Gasteiger partial charge in [-0.2, -0.15) is 0 Å². The summed E-state index contributed by atoms with van der Waals surface area (Å²) in [6.45, 7) is 5.86. The van der Waals surface area contributed by atoms with Gasteiger partial charge in [-0.25, -0.2) is 4.98 Å². The highest BCUT2D eigenvalue weighted by Crippen LogP contribution is 2.36. The third-order valence-corrected chi connectivity index (χ3v) is 3.40. The van der Waals surface area contributed by atoms with E-state index in [9.17, 15) is 9.59 Å². The predicted molar refractivity (Wildman–Crippen MR) is 83.6 cm³/mol. The Hall–Kier alpha value is -2.31. The molecule has 2 heterocycles. The molecule has 0 spiro atoms. The topological polar surface area (TPSA) is 97.5 Å². The van der Waals surface area contributed by atoms with Gasteiger partial charge in [0.2, 0.25) is 5.91 Å². The second-order valence-corrected chi connectivity index (χ2v) is 5.77. The fourth-order valence-electron chi connectivity index (χ4n) is 2.21. The van der Waals surface area contributed by atoms with Crippen LogP contribution in [-0.2, 0) is 9.59 Å². The molecule has 0 fully saturated rings. The lowest BCUT2D eigenvalue weighted by atomic mass is 10.1. The van der Waals surface area contributed by atoms with Crippen molar-refractivity contribution in [3.63, 3.8) is 0 Å². The molecule has 0 aliphatic carbocycles. The highest BCUT2D eigenvalue weighted by molar-refractivity contribution is 6.05. The average Bonchev–Trinajstić information content (AvgIpc) is 2.45. The van der Waals surface area contributed by atoms with Crippen LogP contribution >= 0.6 is 0 Å². The smallest absolute Gasteiger partial charge is 0.272 e. The molecule has 0 saturated carbocycles. The molecule has 2 rings (SSSR count). The molecule has 2 amide bonds. The van der Waals surface area contributed by atoms with Crippen LogP contribution in [0.4, 0.5) is 11.6 Å². The average molecular weight is 306 g/mol. The first kappa shape index (κ1) is 16.1. The van der Waals surface area contributed by atoms with Crippen LogP contribution < -0.4 is 20.7 Å². The molecule has 0 saturated heterocycles. The van der Waals surface area contributed by atoms with Crippen LogP contribution in [0.3, 0.4) is 0 Å². The fraction of sp³-hybridized carbons (Fsp3) is 0.533. The number of hydrogen-bond donors (Lipinski definition) is 2. The Bertz CT molecular complexity index is 586. The van der Waals surface area contributed by atoms with Crippen molar-refractivity contribution in [3.05, 3.63) is 12.1 Å². The first-order valence-electron chi connectivity index (χ1n) is 7.39. The number of carbonyl (C=O) groups excluding carboxylic acids is 2. The van der Waals surface area contributed by atoms with Gasteiger partial charge in [0.15, 0.2) is 17.2 Å². The largest absolute Gasteiger partial charge is 0.474 e. The lowest BCUT2D eigenvalue weighted by Gasteiger charge is -2.37. The van der Waals surface area contributed by atoms with Crippen LogP contribution in [0, 0.1) is 0 Å². The molecule has 22 heavy (non-hydrogen) atoms. The number of hydrogen-bond acceptors (Lipinski definition) is 5. The first-order valence-corrected chi connectivity index (χ1v) is 7.39. The zero-order valence-corrected chi connectivity index (χ0v) is 13.2. The highest BCUT2D eigenvalue weighted by Gasteiger charge is 2.42. The first-order chi connectivity index (χ1) is 10.3. The van der Waals surface area contributed by atoms with E-state index in [0.29, 0.717) is 12.3 Å². The standard InChI is InChI=1S/C15H22N4O3/c1-4-5-8-17-12(20)9-19-13-10(6-7-11(16)18-13)22-15(2,3)14(19)21/h6-7H,4-5,8-9H2,1-3H3,(H2,16,18)(H,17,20). The molecule has 0 aromatic carbocycles. The van der Waals surface area contributed by atoms with Gasteiger partial charge >= 0.3 is 0 Å². The van der Waals surface area contributed by atoms with Crippen LogP contribution in [-0.4, -0.2) is 35.5 Å². The molecule has 3 N–H and O–H groups in total. The van der Waals surface area contributed by atoms with Gasteiger partial charge in [-0.1, -0.05) is 13.3 Å². The van der Waals surface area contributed by atoms with Crippen LogP contribution in [0.1, 0.15) is 33.6 Å². The van der Waals surface area contributed by atoms with Crippen molar-refractivity contribution >= 4 is 23.5 Å². The second-order valence-electron chi connectivity index (χ2n) is 5.77. The number of pyridine rings is 1. The van der Waals surface area contributed by atoms with Gasteiger partial charge in [0.1, 0.15) is 12.4 Å².